The van der Waals surface area contributed by atoms with Crippen LogP contribution in [-0.4, -0.2) is 45.2 Å². The summed E-state index contributed by atoms with van der Waals surface area (Å²) in [5.74, 6) is -0.720. The van der Waals surface area contributed by atoms with Gasteiger partial charge in [0.2, 0.25) is 0 Å². The zero-order chi connectivity index (χ0) is 12.5. The van der Waals surface area contributed by atoms with E-state index in [0.717, 1.165) is 25.7 Å². The molecule has 0 N–H and O–H groups in total. The summed E-state index contributed by atoms with van der Waals surface area (Å²) in [7, 11) is -2.22. The first-order valence-electron chi connectivity index (χ1n) is 5.95. The first-order valence-corrected chi connectivity index (χ1v) is 7.67. The molecule has 0 aromatic rings. The fraction of sp³-hybridized carbons (Fsp3) is 0.909. The Balaban J connectivity index is 2.07. The van der Waals surface area contributed by atoms with E-state index in [1.165, 1.54) is 7.11 Å². The molecule has 2 unspecified atom stereocenters. The topological polar surface area (TPSA) is 69.7 Å². The lowest BCUT2D eigenvalue weighted by Gasteiger charge is -2.17. The summed E-state index contributed by atoms with van der Waals surface area (Å²) < 4.78 is 34.3. The van der Waals surface area contributed by atoms with Crippen LogP contribution >= 0.6 is 0 Å². The van der Waals surface area contributed by atoms with Crippen molar-refractivity contribution in [2.24, 2.45) is 5.92 Å². The van der Waals surface area contributed by atoms with Gasteiger partial charge in [-0.3, -0.25) is 4.79 Å². The van der Waals surface area contributed by atoms with E-state index in [9.17, 15) is 13.2 Å². The van der Waals surface area contributed by atoms with Gasteiger partial charge in [-0.1, -0.05) is 0 Å². The average Bonchev–Trinajstić information content (AvgIpc) is 2.95. The quantitative estimate of drug-likeness (QED) is 0.676. The number of rotatable bonds is 5. The molecule has 2 aliphatic rings. The lowest BCUT2D eigenvalue weighted by Crippen LogP contribution is -2.38. The van der Waals surface area contributed by atoms with Gasteiger partial charge in [0.1, 0.15) is 0 Å². The molecule has 0 bridgehead atoms. The van der Waals surface area contributed by atoms with Crippen molar-refractivity contribution in [2.45, 2.75) is 37.0 Å². The summed E-state index contributed by atoms with van der Waals surface area (Å²) in [4.78, 5) is 11.6. The molecule has 98 valence electrons. The molecule has 0 spiro atoms. The van der Waals surface area contributed by atoms with Gasteiger partial charge in [0.25, 0.3) is 0 Å². The molecule has 1 saturated heterocycles. The Kier molecular flexibility index (Phi) is 3.73. The average molecular weight is 262 g/mol. The molecule has 1 heterocycles. The maximum absolute atomic E-state index is 12.2. The van der Waals surface area contributed by atoms with Gasteiger partial charge in [-0.25, -0.2) is 8.42 Å². The van der Waals surface area contributed by atoms with Crippen molar-refractivity contribution in [3.05, 3.63) is 0 Å². The molecule has 5 nitrogen and oxygen atoms in total. The van der Waals surface area contributed by atoms with E-state index in [1.807, 2.05) is 0 Å². The minimum atomic E-state index is -3.45. The summed E-state index contributed by atoms with van der Waals surface area (Å²) in [6.07, 6.45) is 3.00. The van der Waals surface area contributed by atoms with Gasteiger partial charge in [0.15, 0.2) is 15.1 Å². The maximum atomic E-state index is 12.2. The van der Waals surface area contributed by atoms with Crippen LogP contribution in [0.3, 0.4) is 0 Å². The molecule has 2 atom stereocenters. The van der Waals surface area contributed by atoms with E-state index < -0.39 is 21.1 Å². The highest BCUT2D eigenvalue weighted by molar-refractivity contribution is 7.92. The smallest absolute Gasteiger partial charge is 0.324 e. The zero-order valence-corrected chi connectivity index (χ0v) is 10.7. The summed E-state index contributed by atoms with van der Waals surface area (Å²) in [5.41, 5.74) is 0. The molecular formula is C11H18O5S. The fourth-order valence-corrected chi connectivity index (χ4v) is 4.52. The molecule has 2 rings (SSSR count). The van der Waals surface area contributed by atoms with Crippen molar-refractivity contribution >= 4 is 15.8 Å². The van der Waals surface area contributed by atoms with Crippen LogP contribution in [0.2, 0.25) is 0 Å². The van der Waals surface area contributed by atoms with Crippen LogP contribution in [0.25, 0.3) is 0 Å². The standard InChI is InChI=1S/C11H18O5S/c1-15-11(12)10(8-4-5-8)17(13,14)7-9-3-2-6-16-9/h8-10H,2-7H2,1H3. The molecule has 1 aliphatic heterocycles. The van der Waals surface area contributed by atoms with E-state index in [-0.39, 0.29) is 17.8 Å². The van der Waals surface area contributed by atoms with Gasteiger partial charge in [-0.2, -0.15) is 0 Å². The monoisotopic (exact) mass is 262 g/mol. The van der Waals surface area contributed by atoms with Crippen molar-refractivity contribution in [1.29, 1.82) is 0 Å². The van der Waals surface area contributed by atoms with Crippen molar-refractivity contribution < 1.29 is 22.7 Å². The number of hydrogen-bond acceptors (Lipinski definition) is 5. The number of carbonyl (C=O) groups excluding carboxylic acids is 1. The fourth-order valence-electron chi connectivity index (χ4n) is 2.29. The highest BCUT2D eigenvalue weighted by Gasteiger charge is 2.46. The van der Waals surface area contributed by atoms with Crippen LogP contribution in [0.15, 0.2) is 0 Å². The predicted molar refractivity (Wildman–Crippen MR) is 61.3 cm³/mol. The van der Waals surface area contributed by atoms with Crippen LogP contribution in [0.5, 0.6) is 0 Å². The molecule has 2 fully saturated rings. The van der Waals surface area contributed by atoms with Gasteiger partial charge in [-0.05, 0) is 31.6 Å². The number of methoxy groups -OCH3 is 1. The Morgan fingerprint density at radius 2 is 2.12 bits per heavy atom. The van der Waals surface area contributed by atoms with Crippen molar-refractivity contribution in [3.8, 4) is 0 Å². The van der Waals surface area contributed by atoms with Gasteiger partial charge < -0.3 is 9.47 Å². The van der Waals surface area contributed by atoms with Crippen LogP contribution in [0.1, 0.15) is 25.7 Å². The van der Waals surface area contributed by atoms with Gasteiger partial charge >= 0.3 is 5.97 Å². The summed E-state index contributed by atoms with van der Waals surface area (Å²) in [6.45, 7) is 0.618. The van der Waals surface area contributed by atoms with E-state index in [4.69, 9.17) is 4.74 Å². The van der Waals surface area contributed by atoms with E-state index in [0.29, 0.717) is 6.61 Å². The second-order valence-electron chi connectivity index (χ2n) is 4.75. The Labute approximate surface area is 101 Å². The largest absolute Gasteiger partial charge is 0.468 e. The number of sulfone groups is 1. The van der Waals surface area contributed by atoms with E-state index in [2.05, 4.69) is 4.74 Å². The second kappa shape index (κ2) is 4.94. The third-order valence-electron chi connectivity index (χ3n) is 3.31. The number of carbonyl (C=O) groups is 1. The molecule has 17 heavy (non-hydrogen) atoms. The maximum Gasteiger partial charge on any atom is 0.324 e. The lowest BCUT2D eigenvalue weighted by molar-refractivity contribution is -0.140. The molecule has 1 saturated carbocycles. The highest BCUT2D eigenvalue weighted by atomic mass is 32.2. The summed E-state index contributed by atoms with van der Waals surface area (Å²) in [6, 6.07) is 0. The normalized spacial score (nSPS) is 26.8. The predicted octanol–water partition coefficient (Wildman–Crippen LogP) is 0.532. The third kappa shape index (κ3) is 2.98. The van der Waals surface area contributed by atoms with Crippen LogP contribution in [0, 0.1) is 5.92 Å². The number of esters is 1. The second-order valence-corrected chi connectivity index (χ2v) is 6.91. The third-order valence-corrected chi connectivity index (χ3v) is 5.50. The molecular weight excluding hydrogens is 244 g/mol. The molecule has 6 heteroatoms. The summed E-state index contributed by atoms with van der Waals surface area (Å²) in [5, 5.41) is -0.975. The zero-order valence-electron chi connectivity index (χ0n) is 9.92. The highest BCUT2D eigenvalue weighted by Crippen LogP contribution is 2.37. The van der Waals surface area contributed by atoms with Crippen LogP contribution < -0.4 is 0 Å². The minimum Gasteiger partial charge on any atom is -0.468 e. The van der Waals surface area contributed by atoms with Crippen LogP contribution in [0.4, 0.5) is 0 Å². The Bertz CT molecular complexity index is 379. The van der Waals surface area contributed by atoms with Crippen molar-refractivity contribution in [3.63, 3.8) is 0 Å². The molecule has 0 radical (unpaired) electrons. The van der Waals surface area contributed by atoms with Gasteiger partial charge in [0.05, 0.1) is 19.0 Å². The lowest BCUT2D eigenvalue weighted by atomic mass is 10.3. The first-order chi connectivity index (χ1) is 8.04. The minimum absolute atomic E-state index is 0.0474. The summed E-state index contributed by atoms with van der Waals surface area (Å²) >= 11 is 0. The van der Waals surface area contributed by atoms with Crippen molar-refractivity contribution in [1.82, 2.24) is 0 Å². The Morgan fingerprint density at radius 1 is 1.41 bits per heavy atom. The molecule has 0 amide bonds. The van der Waals surface area contributed by atoms with E-state index in [1.54, 1.807) is 0 Å². The van der Waals surface area contributed by atoms with Crippen LogP contribution in [-0.2, 0) is 24.1 Å². The first kappa shape index (κ1) is 12.8. The molecule has 0 aromatic carbocycles. The SMILES string of the molecule is COC(=O)C(C1CC1)S(=O)(=O)CC1CCCO1. The van der Waals surface area contributed by atoms with E-state index >= 15 is 0 Å². The Hall–Kier alpha value is -0.620. The van der Waals surface area contributed by atoms with Gasteiger partial charge in [-0.15, -0.1) is 0 Å². The number of ether oxygens (including phenoxy) is 2. The van der Waals surface area contributed by atoms with Crippen molar-refractivity contribution in [2.75, 3.05) is 19.5 Å². The van der Waals surface area contributed by atoms with Gasteiger partial charge in [0, 0.05) is 6.61 Å². The number of hydrogen-bond donors (Lipinski definition) is 0. The Morgan fingerprint density at radius 3 is 2.59 bits per heavy atom. The molecule has 1 aliphatic carbocycles. The molecule has 0 aromatic heterocycles.